The minimum absolute atomic E-state index is 0.496. The van der Waals surface area contributed by atoms with Gasteiger partial charge in [0.1, 0.15) is 0 Å². The third-order valence-electron chi connectivity index (χ3n) is 4.68. The number of nitrogens with zero attached hydrogens (tertiary/aromatic N) is 1. The highest BCUT2D eigenvalue weighted by molar-refractivity contribution is 5.84. The first-order chi connectivity index (χ1) is 9.77. The van der Waals surface area contributed by atoms with E-state index >= 15 is 0 Å². The zero-order valence-corrected chi connectivity index (χ0v) is 12.4. The number of fused-ring (bicyclic) bond motifs is 1. The SMILES string of the molecule is CC1(CNCc2cncc3ccccc23)CCCCC1. The second-order valence-corrected chi connectivity index (χ2v) is 6.49. The molecule has 2 nitrogen and oxygen atoms in total. The summed E-state index contributed by atoms with van der Waals surface area (Å²) >= 11 is 0. The van der Waals surface area contributed by atoms with Crippen LogP contribution in [0.4, 0.5) is 0 Å². The summed E-state index contributed by atoms with van der Waals surface area (Å²) in [6.45, 7) is 4.47. The van der Waals surface area contributed by atoms with Crippen molar-refractivity contribution >= 4 is 10.8 Å². The van der Waals surface area contributed by atoms with E-state index in [1.807, 2.05) is 12.4 Å². The minimum Gasteiger partial charge on any atom is -0.312 e. The van der Waals surface area contributed by atoms with Gasteiger partial charge >= 0.3 is 0 Å². The van der Waals surface area contributed by atoms with E-state index in [0.717, 1.165) is 13.1 Å². The van der Waals surface area contributed by atoms with Crippen LogP contribution in [0.5, 0.6) is 0 Å². The minimum atomic E-state index is 0.496. The second-order valence-electron chi connectivity index (χ2n) is 6.49. The van der Waals surface area contributed by atoms with Crippen LogP contribution in [0.1, 0.15) is 44.6 Å². The molecule has 1 aromatic carbocycles. The molecule has 0 unspecified atom stereocenters. The smallest absolute Gasteiger partial charge is 0.0346 e. The van der Waals surface area contributed by atoms with Crippen molar-refractivity contribution in [2.75, 3.05) is 6.54 Å². The lowest BCUT2D eigenvalue weighted by atomic mass is 9.76. The molecule has 1 fully saturated rings. The molecule has 0 radical (unpaired) electrons. The van der Waals surface area contributed by atoms with Gasteiger partial charge in [0, 0.05) is 30.9 Å². The van der Waals surface area contributed by atoms with Crippen molar-refractivity contribution in [3.8, 4) is 0 Å². The quantitative estimate of drug-likeness (QED) is 0.894. The summed E-state index contributed by atoms with van der Waals surface area (Å²) in [4.78, 5) is 4.36. The fourth-order valence-electron chi connectivity index (χ4n) is 3.40. The summed E-state index contributed by atoms with van der Waals surface area (Å²) in [6, 6.07) is 8.50. The average molecular weight is 268 g/mol. The van der Waals surface area contributed by atoms with E-state index in [1.54, 1.807) is 0 Å². The molecule has 3 rings (SSSR count). The maximum absolute atomic E-state index is 4.36. The van der Waals surface area contributed by atoms with E-state index in [-0.39, 0.29) is 0 Å². The molecule has 0 bridgehead atoms. The number of hydrogen-bond acceptors (Lipinski definition) is 2. The molecule has 0 atom stereocenters. The topological polar surface area (TPSA) is 24.9 Å². The highest BCUT2D eigenvalue weighted by Crippen LogP contribution is 2.35. The van der Waals surface area contributed by atoms with Crippen LogP contribution in [0.15, 0.2) is 36.7 Å². The Balaban J connectivity index is 1.65. The Morgan fingerprint density at radius 2 is 1.90 bits per heavy atom. The van der Waals surface area contributed by atoms with Crippen LogP contribution < -0.4 is 5.32 Å². The van der Waals surface area contributed by atoms with Crippen LogP contribution in [0.25, 0.3) is 10.8 Å². The van der Waals surface area contributed by atoms with Crippen LogP contribution in [-0.2, 0) is 6.54 Å². The van der Waals surface area contributed by atoms with Gasteiger partial charge in [0.05, 0.1) is 0 Å². The summed E-state index contributed by atoms with van der Waals surface area (Å²) in [6.07, 6.45) is 10.9. The zero-order valence-electron chi connectivity index (χ0n) is 12.4. The first kappa shape index (κ1) is 13.6. The Kier molecular flexibility index (Phi) is 4.02. The van der Waals surface area contributed by atoms with Gasteiger partial charge in [0.2, 0.25) is 0 Å². The van der Waals surface area contributed by atoms with Gasteiger partial charge in [0.25, 0.3) is 0 Å². The number of aromatic nitrogens is 1. The first-order valence-corrected chi connectivity index (χ1v) is 7.79. The largest absolute Gasteiger partial charge is 0.312 e. The molecule has 106 valence electrons. The van der Waals surface area contributed by atoms with E-state index in [0.29, 0.717) is 5.41 Å². The molecule has 2 aromatic rings. The van der Waals surface area contributed by atoms with Crippen LogP contribution >= 0.6 is 0 Å². The highest BCUT2D eigenvalue weighted by atomic mass is 14.9. The number of rotatable bonds is 4. The predicted molar refractivity (Wildman–Crippen MR) is 84.6 cm³/mol. The van der Waals surface area contributed by atoms with Crippen molar-refractivity contribution in [2.24, 2.45) is 5.41 Å². The van der Waals surface area contributed by atoms with Crippen molar-refractivity contribution in [1.82, 2.24) is 10.3 Å². The number of benzene rings is 1. The van der Waals surface area contributed by atoms with E-state index in [9.17, 15) is 0 Å². The summed E-state index contributed by atoms with van der Waals surface area (Å²) in [5.41, 5.74) is 1.80. The maximum atomic E-state index is 4.36. The van der Waals surface area contributed by atoms with Gasteiger partial charge in [-0.2, -0.15) is 0 Å². The molecule has 1 N–H and O–H groups in total. The molecular weight excluding hydrogens is 244 g/mol. The Morgan fingerprint density at radius 1 is 1.10 bits per heavy atom. The van der Waals surface area contributed by atoms with Gasteiger partial charge in [-0.25, -0.2) is 0 Å². The van der Waals surface area contributed by atoms with Crippen molar-refractivity contribution in [3.63, 3.8) is 0 Å². The fraction of sp³-hybridized carbons (Fsp3) is 0.500. The standard InChI is InChI=1S/C18H24N2/c1-18(9-5-2-6-10-18)14-20-13-16-12-19-11-15-7-3-4-8-17(15)16/h3-4,7-8,11-12,20H,2,5-6,9-10,13-14H2,1H3. The maximum Gasteiger partial charge on any atom is 0.0346 e. The Bertz CT molecular complexity index is 565. The van der Waals surface area contributed by atoms with Gasteiger partial charge in [-0.1, -0.05) is 50.5 Å². The summed E-state index contributed by atoms with van der Waals surface area (Å²) < 4.78 is 0. The van der Waals surface area contributed by atoms with Crippen molar-refractivity contribution in [3.05, 3.63) is 42.2 Å². The van der Waals surface area contributed by atoms with Gasteiger partial charge in [0.15, 0.2) is 0 Å². The monoisotopic (exact) mass is 268 g/mol. The molecular formula is C18H24N2. The van der Waals surface area contributed by atoms with Crippen LogP contribution in [-0.4, -0.2) is 11.5 Å². The Morgan fingerprint density at radius 3 is 2.75 bits per heavy atom. The summed E-state index contributed by atoms with van der Waals surface area (Å²) in [5, 5.41) is 6.22. The number of pyridine rings is 1. The molecule has 0 amide bonds. The molecule has 0 saturated heterocycles. The Hall–Kier alpha value is -1.41. The van der Waals surface area contributed by atoms with Crippen molar-refractivity contribution in [2.45, 2.75) is 45.6 Å². The molecule has 1 aromatic heterocycles. The third kappa shape index (κ3) is 3.01. The molecule has 0 spiro atoms. The Labute approximate surface area is 121 Å². The first-order valence-electron chi connectivity index (χ1n) is 7.79. The van der Waals surface area contributed by atoms with E-state index < -0.39 is 0 Å². The van der Waals surface area contributed by atoms with E-state index in [1.165, 1.54) is 48.4 Å². The highest BCUT2D eigenvalue weighted by Gasteiger charge is 2.25. The van der Waals surface area contributed by atoms with Crippen LogP contribution in [0.2, 0.25) is 0 Å². The normalized spacial score (nSPS) is 18.2. The summed E-state index contributed by atoms with van der Waals surface area (Å²) in [7, 11) is 0. The molecule has 1 saturated carbocycles. The van der Waals surface area contributed by atoms with Crippen LogP contribution in [0.3, 0.4) is 0 Å². The summed E-state index contributed by atoms with van der Waals surface area (Å²) in [5.74, 6) is 0. The van der Waals surface area contributed by atoms with Gasteiger partial charge < -0.3 is 5.32 Å². The van der Waals surface area contributed by atoms with E-state index in [2.05, 4.69) is 41.5 Å². The lowest BCUT2D eigenvalue weighted by molar-refractivity contribution is 0.207. The molecule has 1 heterocycles. The second kappa shape index (κ2) is 5.92. The van der Waals surface area contributed by atoms with Crippen molar-refractivity contribution < 1.29 is 0 Å². The lowest BCUT2D eigenvalue weighted by Gasteiger charge is -2.33. The van der Waals surface area contributed by atoms with E-state index in [4.69, 9.17) is 0 Å². The van der Waals surface area contributed by atoms with Crippen LogP contribution in [0, 0.1) is 5.41 Å². The number of nitrogens with one attached hydrogen (secondary N) is 1. The molecule has 0 aliphatic heterocycles. The zero-order chi connectivity index (χ0) is 13.8. The average Bonchev–Trinajstić information content (AvgIpc) is 2.48. The van der Waals surface area contributed by atoms with Crippen molar-refractivity contribution in [1.29, 1.82) is 0 Å². The molecule has 1 aliphatic rings. The van der Waals surface area contributed by atoms with Gasteiger partial charge in [-0.15, -0.1) is 0 Å². The molecule has 1 aliphatic carbocycles. The molecule has 20 heavy (non-hydrogen) atoms. The third-order valence-corrected chi connectivity index (χ3v) is 4.68. The molecule has 2 heteroatoms. The van der Waals surface area contributed by atoms with Gasteiger partial charge in [-0.3, -0.25) is 4.98 Å². The predicted octanol–water partition coefficient (Wildman–Crippen LogP) is 4.29. The fourth-order valence-corrected chi connectivity index (χ4v) is 3.40. The lowest BCUT2D eigenvalue weighted by Crippen LogP contribution is -2.33. The van der Waals surface area contributed by atoms with Gasteiger partial charge in [-0.05, 0) is 29.2 Å². The number of hydrogen-bond donors (Lipinski definition) is 1.